The second-order valence-electron chi connectivity index (χ2n) is 11.9. The van der Waals surface area contributed by atoms with Gasteiger partial charge in [0.05, 0.1) is 18.3 Å². The van der Waals surface area contributed by atoms with Crippen LogP contribution in [-0.4, -0.2) is 53.8 Å². The summed E-state index contributed by atoms with van der Waals surface area (Å²) in [6.45, 7) is 29.5. The molecular weight excluding hydrogens is 396 g/mol. The van der Waals surface area contributed by atoms with E-state index in [1.165, 1.54) is 0 Å². The standard InChI is InChI=1S/C23H52O4Si2/c1-17(19(3)25-10)21(27-29(13,14)23(7,8)9)18(2)20(15-16-24)26-28(11,12)22(4,5)6/h17-21,24H,15-16H2,1-14H3/t17-,18-,19+,20+,21+/m1/s1. The quantitative estimate of drug-likeness (QED) is 0.369. The highest BCUT2D eigenvalue weighted by Crippen LogP contribution is 2.42. The van der Waals surface area contributed by atoms with Crippen LogP contribution in [0, 0.1) is 11.8 Å². The Morgan fingerprint density at radius 2 is 1.17 bits per heavy atom. The van der Waals surface area contributed by atoms with Crippen LogP contribution in [0.5, 0.6) is 0 Å². The molecule has 6 heteroatoms. The van der Waals surface area contributed by atoms with Crippen LogP contribution in [0.1, 0.15) is 68.7 Å². The van der Waals surface area contributed by atoms with Gasteiger partial charge in [0.25, 0.3) is 0 Å². The van der Waals surface area contributed by atoms with Crippen LogP contribution >= 0.6 is 0 Å². The molecule has 0 aliphatic rings. The average molecular weight is 449 g/mol. The Morgan fingerprint density at radius 1 is 0.759 bits per heavy atom. The van der Waals surface area contributed by atoms with Gasteiger partial charge < -0.3 is 18.7 Å². The lowest BCUT2D eigenvalue weighted by Gasteiger charge is -2.47. The van der Waals surface area contributed by atoms with Crippen LogP contribution in [0.25, 0.3) is 0 Å². The maximum atomic E-state index is 9.80. The molecule has 0 unspecified atom stereocenters. The summed E-state index contributed by atoms with van der Waals surface area (Å²) in [7, 11) is -2.17. The van der Waals surface area contributed by atoms with Crippen molar-refractivity contribution in [1.82, 2.24) is 0 Å². The average Bonchev–Trinajstić information content (AvgIpc) is 2.55. The molecule has 29 heavy (non-hydrogen) atoms. The van der Waals surface area contributed by atoms with Crippen LogP contribution in [0.3, 0.4) is 0 Å². The third-order valence-corrected chi connectivity index (χ3v) is 16.6. The predicted molar refractivity (Wildman–Crippen MR) is 131 cm³/mol. The molecule has 0 amide bonds. The molecule has 0 heterocycles. The van der Waals surface area contributed by atoms with Gasteiger partial charge >= 0.3 is 0 Å². The van der Waals surface area contributed by atoms with Gasteiger partial charge in [0.1, 0.15) is 0 Å². The summed E-state index contributed by atoms with van der Waals surface area (Å²) in [6.07, 6.45) is 0.725. The van der Waals surface area contributed by atoms with Crippen molar-refractivity contribution < 1.29 is 18.7 Å². The minimum atomic E-state index is -1.98. The molecule has 0 bridgehead atoms. The molecule has 0 rings (SSSR count). The topological polar surface area (TPSA) is 47.9 Å². The Bertz CT molecular complexity index is 480. The Balaban J connectivity index is 5.97. The van der Waals surface area contributed by atoms with Crippen molar-refractivity contribution in [3.05, 3.63) is 0 Å². The highest BCUT2D eigenvalue weighted by molar-refractivity contribution is 6.74. The van der Waals surface area contributed by atoms with E-state index in [-0.39, 0.29) is 46.8 Å². The first kappa shape index (κ1) is 29.3. The summed E-state index contributed by atoms with van der Waals surface area (Å²) in [5.74, 6) is 0.395. The lowest BCUT2D eigenvalue weighted by atomic mass is 9.85. The smallest absolute Gasteiger partial charge is 0.192 e. The number of hydrogen-bond acceptors (Lipinski definition) is 4. The molecule has 0 fully saturated rings. The predicted octanol–water partition coefficient (Wildman–Crippen LogP) is 6.46. The fourth-order valence-electron chi connectivity index (χ4n) is 3.02. The van der Waals surface area contributed by atoms with Gasteiger partial charge in [0.15, 0.2) is 16.6 Å². The van der Waals surface area contributed by atoms with E-state index >= 15 is 0 Å². The van der Waals surface area contributed by atoms with Crippen molar-refractivity contribution >= 4 is 16.6 Å². The van der Waals surface area contributed by atoms with Crippen molar-refractivity contribution in [3.8, 4) is 0 Å². The van der Waals surface area contributed by atoms with Crippen molar-refractivity contribution in [2.45, 2.75) is 123 Å². The molecule has 176 valence electrons. The van der Waals surface area contributed by atoms with E-state index in [1.54, 1.807) is 7.11 Å². The zero-order chi connectivity index (χ0) is 23.4. The monoisotopic (exact) mass is 448 g/mol. The Hall–Kier alpha value is 0.274. The summed E-state index contributed by atoms with van der Waals surface area (Å²) in [5.41, 5.74) is 0. The number of ether oxygens (including phenoxy) is 1. The minimum Gasteiger partial charge on any atom is -0.413 e. The summed E-state index contributed by atoms with van der Waals surface area (Å²) in [6, 6.07) is 0. The Morgan fingerprint density at radius 3 is 1.52 bits per heavy atom. The van der Waals surface area contributed by atoms with Gasteiger partial charge in [-0.15, -0.1) is 0 Å². The second-order valence-corrected chi connectivity index (χ2v) is 21.4. The van der Waals surface area contributed by atoms with Crippen LogP contribution < -0.4 is 0 Å². The van der Waals surface area contributed by atoms with Gasteiger partial charge in [-0.05, 0) is 49.6 Å². The van der Waals surface area contributed by atoms with Gasteiger partial charge in [-0.3, -0.25) is 0 Å². The molecule has 4 nitrogen and oxygen atoms in total. The normalized spacial score (nSPS) is 19.6. The fourth-order valence-corrected chi connectivity index (χ4v) is 5.92. The van der Waals surface area contributed by atoms with E-state index in [0.717, 1.165) is 0 Å². The summed E-state index contributed by atoms with van der Waals surface area (Å²) in [4.78, 5) is 0. The van der Waals surface area contributed by atoms with Gasteiger partial charge in [0, 0.05) is 25.6 Å². The number of rotatable bonds is 11. The molecule has 0 aliphatic carbocycles. The largest absolute Gasteiger partial charge is 0.413 e. The first-order valence-corrected chi connectivity index (χ1v) is 17.1. The molecule has 0 aromatic carbocycles. The van der Waals surface area contributed by atoms with Crippen LogP contribution in [0.2, 0.25) is 36.3 Å². The number of aliphatic hydroxyl groups excluding tert-OH is 1. The maximum Gasteiger partial charge on any atom is 0.192 e. The number of aliphatic hydroxyl groups is 1. The van der Waals surface area contributed by atoms with E-state index < -0.39 is 16.6 Å². The van der Waals surface area contributed by atoms with E-state index in [0.29, 0.717) is 6.42 Å². The molecule has 0 aromatic rings. The third kappa shape index (κ3) is 8.04. The van der Waals surface area contributed by atoms with E-state index in [9.17, 15) is 5.11 Å². The van der Waals surface area contributed by atoms with Crippen molar-refractivity contribution in [2.75, 3.05) is 13.7 Å². The zero-order valence-electron chi connectivity index (χ0n) is 22.0. The molecule has 0 aliphatic heterocycles. The van der Waals surface area contributed by atoms with Gasteiger partial charge in [-0.25, -0.2) is 0 Å². The third-order valence-electron chi connectivity index (χ3n) is 7.64. The van der Waals surface area contributed by atoms with Crippen LogP contribution in [-0.2, 0) is 13.6 Å². The highest BCUT2D eigenvalue weighted by Gasteiger charge is 2.46. The zero-order valence-corrected chi connectivity index (χ0v) is 24.0. The molecule has 0 saturated heterocycles. The molecule has 1 N–H and O–H groups in total. The SMILES string of the molecule is CO[C@@H](C)[C@@H](C)[C@H](O[Si](C)(C)C(C)(C)C)[C@H](C)[C@H](CCO)O[Si](C)(C)C(C)(C)C. The second kappa shape index (κ2) is 10.7. The van der Waals surface area contributed by atoms with Crippen LogP contribution in [0.4, 0.5) is 0 Å². The highest BCUT2D eigenvalue weighted by atomic mass is 28.4. The molecule has 0 radical (unpaired) electrons. The summed E-state index contributed by atoms with van der Waals surface area (Å²) >= 11 is 0. The molecule has 0 saturated carbocycles. The fraction of sp³-hybridized carbons (Fsp3) is 1.00. The molecule has 5 atom stereocenters. The first-order chi connectivity index (χ1) is 12.8. The minimum absolute atomic E-state index is 0.0205. The van der Waals surface area contributed by atoms with Crippen molar-refractivity contribution in [1.29, 1.82) is 0 Å². The summed E-state index contributed by atoms with van der Waals surface area (Å²) in [5, 5.41) is 10.1. The first-order valence-electron chi connectivity index (χ1n) is 11.3. The van der Waals surface area contributed by atoms with Gasteiger partial charge in [0.2, 0.25) is 0 Å². The van der Waals surface area contributed by atoms with Crippen molar-refractivity contribution in [3.63, 3.8) is 0 Å². The Kier molecular flexibility index (Phi) is 10.8. The Labute approximate surface area is 184 Å². The van der Waals surface area contributed by atoms with E-state index in [2.05, 4.69) is 88.5 Å². The molecular formula is C23H52O4Si2. The molecule has 0 aromatic heterocycles. The maximum absolute atomic E-state index is 9.80. The lowest BCUT2D eigenvalue weighted by Crippen LogP contribution is -2.53. The lowest BCUT2D eigenvalue weighted by molar-refractivity contribution is -0.0445. The number of hydrogen-bond donors (Lipinski definition) is 1. The van der Waals surface area contributed by atoms with E-state index in [4.69, 9.17) is 13.6 Å². The van der Waals surface area contributed by atoms with E-state index in [1.807, 2.05) is 0 Å². The molecule has 0 spiro atoms. The number of methoxy groups -OCH3 is 1. The summed E-state index contributed by atoms with van der Waals surface area (Å²) < 4.78 is 19.5. The van der Waals surface area contributed by atoms with Crippen molar-refractivity contribution in [2.24, 2.45) is 11.8 Å². The van der Waals surface area contributed by atoms with Gasteiger partial charge in [-0.1, -0.05) is 55.4 Å². The van der Waals surface area contributed by atoms with Crippen LogP contribution in [0.15, 0.2) is 0 Å². The van der Waals surface area contributed by atoms with Gasteiger partial charge in [-0.2, -0.15) is 0 Å².